The lowest BCUT2D eigenvalue weighted by Crippen LogP contribution is -2.08. The monoisotopic (exact) mass is 231 g/mol. The topological polar surface area (TPSA) is 41.8 Å². The van der Waals surface area contributed by atoms with E-state index in [1.165, 1.54) is 12.1 Å². The van der Waals surface area contributed by atoms with Gasteiger partial charge in [0.25, 0.3) is 0 Å². The van der Waals surface area contributed by atoms with Crippen molar-refractivity contribution in [3.63, 3.8) is 0 Å². The molecular formula is C10H11ClFNO2. The smallest absolute Gasteiger partial charge is 0.175 e. The van der Waals surface area contributed by atoms with Crippen molar-refractivity contribution in [1.29, 1.82) is 0 Å². The zero-order valence-electron chi connectivity index (χ0n) is 8.37. The minimum Gasteiger partial charge on any atom is -0.486 e. The van der Waals surface area contributed by atoms with E-state index in [9.17, 15) is 4.39 Å². The van der Waals surface area contributed by atoms with Gasteiger partial charge in [-0.2, -0.15) is 0 Å². The van der Waals surface area contributed by atoms with Crippen LogP contribution in [0.3, 0.4) is 0 Å². The van der Waals surface area contributed by atoms with Crippen LogP contribution in [-0.2, 0) is 0 Å². The lowest BCUT2D eigenvalue weighted by molar-refractivity contribution is 0.231. The first-order valence-electron chi connectivity index (χ1n) is 4.38. The second kappa shape index (κ2) is 4.98. The van der Waals surface area contributed by atoms with E-state index in [1.807, 2.05) is 0 Å². The Balaban J connectivity index is 3.17. The van der Waals surface area contributed by atoms with Crippen molar-refractivity contribution in [1.82, 2.24) is 0 Å². The zero-order chi connectivity index (χ0) is 11.4. The summed E-state index contributed by atoms with van der Waals surface area (Å²) in [6.07, 6.45) is 0.803. The van der Waals surface area contributed by atoms with Crippen LogP contribution in [0.1, 0.15) is 19.4 Å². The van der Waals surface area contributed by atoms with Gasteiger partial charge in [-0.15, -0.1) is 0 Å². The van der Waals surface area contributed by atoms with Gasteiger partial charge in [0, 0.05) is 5.56 Å². The molecule has 1 aromatic rings. The number of ether oxygens (including phenoxy) is 1. The molecule has 82 valence electrons. The standard InChI is InChI=1S/C10H11ClFNO2/c1-6(2)15-10-8(11)4-3-7(5-13-14)9(10)12/h3-6,14H,1-2H3/b13-5-. The molecule has 1 rings (SSSR count). The average Bonchev–Trinajstić information content (AvgIpc) is 2.17. The Kier molecular flexibility index (Phi) is 3.91. The van der Waals surface area contributed by atoms with Crippen molar-refractivity contribution < 1.29 is 14.3 Å². The molecule has 0 aromatic heterocycles. The van der Waals surface area contributed by atoms with Crippen LogP contribution in [0.15, 0.2) is 17.3 Å². The fraction of sp³-hybridized carbons (Fsp3) is 0.300. The molecule has 5 heteroatoms. The lowest BCUT2D eigenvalue weighted by Gasteiger charge is -2.12. The SMILES string of the molecule is CC(C)Oc1c(Cl)ccc(/C=N\O)c1F. The van der Waals surface area contributed by atoms with E-state index in [2.05, 4.69) is 5.16 Å². The van der Waals surface area contributed by atoms with Gasteiger partial charge < -0.3 is 9.94 Å². The van der Waals surface area contributed by atoms with Crippen LogP contribution >= 0.6 is 11.6 Å². The first kappa shape index (κ1) is 11.8. The van der Waals surface area contributed by atoms with Crippen molar-refractivity contribution in [2.24, 2.45) is 5.16 Å². The number of rotatable bonds is 3. The predicted molar refractivity (Wildman–Crippen MR) is 56.6 cm³/mol. The van der Waals surface area contributed by atoms with E-state index in [-0.39, 0.29) is 22.4 Å². The molecule has 0 spiro atoms. The second-order valence-corrected chi connectivity index (χ2v) is 3.60. The molecule has 0 unspecified atom stereocenters. The highest BCUT2D eigenvalue weighted by Crippen LogP contribution is 2.30. The van der Waals surface area contributed by atoms with Gasteiger partial charge in [-0.05, 0) is 26.0 Å². The number of nitrogens with zero attached hydrogens (tertiary/aromatic N) is 1. The number of halogens is 2. The predicted octanol–water partition coefficient (Wildman–Crippen LogP) is 3.07. The molecule has 0 heterocycles. The van der Waals surface area contributed by atoms with Crippen molar-refractivity contribution >= 4 is 17.8 Å². The maximum absolute atomic E-state index is 13.7. The van der Waals surface area contributed by atoms with Gasteiger partial charge in [-0.25, -0.2) is 4.39 Å². The summed E-state index contributed by atoms with van der Waals surface area (Å²) in [5.74, 6) is -0.655. The van der Waals surface area contributed by atoms with E-state index < -0.39 is 5.82 Å². The third-order valence-electron chi connectivity index (χ3n) is 1.63. The summed E-state index contributed by atoms with van der Waals surface area (Å²) in [5, 5.41) is 11.3. The van der Waals surface area contributed by atoms with Crippen LogP contribution in [0.2, 0.25) is 5.02 Å². The minimum atomic E-state index is -0.631. The Morgan fingerprint density at radius 2 is 2.20 bits per heavy atom. The summed E-state index contributed by atoms with van der Waals surface area (Å²) in [7, 11) is 0. The fourth-order valence-corrected chi connectivity index (χ4v) is 1.24. The molecule has 0 saturated carbocycles. The van der Waals surface area contributed by atoms with Crippen molar-refractivity contribution in [2.75, 3.05) is 0 Å². The maximum atomic E-state index is 13.7. The van der Waals surface area contributed by atoms with Crippen LogP contribution in [0.5, 0.6) is 5.75 Å². The number of benzene rings is 1. The van der Waals surface area contributed by atoms with E-state index in [0.717, 1.165) is 6.21 Å². The van der Waals surface area contributed by atoms with Gasteiger partial charge in [0.1, 0.15) is 0 Å². The minimum absolute atomic E-state index is 0.0240. The summed E-state index contributed by atoms with van der Waals surface area (Å²) in [4.78, 5) is 0. The van der Waals surface area contributed by atoms with E-state index in [0.29, 0.717) is 0 Å². The molecule has 0 bridgehead atoms. The van der Waals surface area contributed by atoms with Crippen LogP contribution in [0, 0.1) is 5.82 Å². The van der Waals surface area contributed by atoms with Crippen molar-refractivity contribution in [3.8, 4) is 5.75 Å². The summed E-state index contributed by atoms with van der Waals surface area (Å²) in [6.45, 7) is 3.53. The molecular weight excluding hydrogens is 221 g/mol. The van der Waals surface area contributed by atoms with Gasteiger partial charge in [0.2, 0.25) is 0 Å². The molecule has 0 fully saturated rings. The fourth-order valence-electron chi connectivity index (χ4n) is 1.05. The lowest BCUT2D eigenvalue weighted by atomic mass is 10.2. The van der Waals surface area contributed by atoms with E-state index in [4.69, 9.17) is 21.5 Å². The second-order valence-electron chi connectivity index (χ2n) is 3.19. The van der Waals surface area contributed by atoms with E-state index >= 15 is 0 Å². The average molecular weight is 232 g/mol. The summed E-state index contributed by atoms with van der Waals surface area (Å²) >= 11 is 5.77. The van der Waals surface area contributed by atoms with Crippen LogP contribution < -0.4 is 4.74 Å². The van der Waals surface area contributed by atoms with Gasteiger partial charge in [0.15, 0.2) is 11.6 Å². The molecule has 3 nitrogen and oxygen atoms in total. The highest BCUT2D eigenvalue weighted by molar-refractivity contribution is 6.32. The largest absolute Gasteiger partial charge is 0.486 e. The molecule has 0 radical (unpaired) electrons. The van der Waals surface area contributed by atoms with Gasteiger partial charge in [0.05, 0.1) is 17.3 Å². The summed E-state index contributed by atoms with van der Waals surface area (Å²) < 4.78 is 18.9. The molecule has 0 amide bonds. The van der Waals surface area contributed by atoms with Crippen molar-refractivity contribution in [2.45, 2.75) is 20.0 Å². The quantitative estimate of drug-likeness (QED) is 0.494. The number of oxime groups is 1. The van der Waals surface area contributed by atoms with Gasteiger partial charge in [-0.1, -0.05) is 16.8 Å². The highest BCUT2D eigenvalue weighted by Gasteiger charge is 2.13. The summed E-state index contributed by atoms with van der Waals surface area (Å²) in [6, 6.07) is 2.89. The molecule has 1 N–H and O–H groups in total. The Morgan fingerprint density at radius 3 is 2.73 bits per heavy atom. The van der Waals surface area contributed by atoms with Gasteiger partial charge >= 0.3 is 0 Å². The van der Waals surface area contributed by atoms with Crippen LogP contribution in [0.25, 0.3) is 0 Å². The Labute approximate surface area is 92.1 Å². The summed E-state index contributed by atoms with van der Waals surface area (Å²) in [5.41, 5.74) is 0.123. The molecule has 15 heavy (non-hydrogen) atoms. The molecule has 1 aromatic carbocycles. The maximum Gasteiger partial charge on any atom is 0.175 e. The van der Waals surface area contributed by atoms with E-state index in [1.54, 1.807) is 13.8 Å². The first-order chi connectivity index (χ1) is 7.06. The third-order valence-corrected chi connectivity index (χ3v) is 1.93. The third kappa shape index (κ3) is 2.83. The Morgan fingerprint density at radius 1 is 1.53 bits per heavy atom. The van der Waals surface area contributed by atoms with Crippen LogP contribution in [-0.4, -0.2) is 17.5 Å². The highest BCUT2D eigenvalue weighted by atomic mass is 35.5. The molecule has 0 atom stereocenters. The number of hydrogen-bond acceptors (Lipinski definition) is 3. The Bertz CT molecular complexity index is 380. The van der Waals surface area contributed by atoms with Crippen LogP contribution in [0.4, 0.5) is 4.39 Å². The molecule has 0 aliphatic heterocycles. The molecule has 0 aliphatic carbocycles. The normalized spacial score (nSPS) is 11.3. The number of hydrogen-bond donors (Lipinski definition) is 1. The molecule has 0 aliphatic rings. The van der Waals surface area contributed by atoms with Gasteiger partial charge in [-0.3, -0.25) is 0 Å². The van der Waals surface area contributed by atoms with Crippen molar-refractivity contribution in [3.05, 3.63) is 28.5 Å². The molecule has 0 saturated heterocycles. The Hall–Kier alpha value is -1.29. The first-order valence-corrected chi connectivity index (χ1v) is 4.76. The zero-order valence-corrected chi connectivity index (χ0v) is 9.12.